The summed E-state index contributed by atoms with van der Waals surface area (Å²) in [7, 11) is 0. The first-order valence-corrected chi connectivity index (χ1v) is 9.50. The zero-order chi connectivity index (χ0) is 22.0. The van der Waals surface area contributed by atoms with E-state index in [9.17, 15) is 24.3 Å². The number of aliphatic carboxylic acids is 1. The van der Waals surface area contributed by atoms with E-state index in [1.165, 1.54) is 6.92 Å². The SMILES string of the molecule is CC(C)CC(NC(=O)CN)C(=O)NC(C)C(=O)NC(Cc1ccccc1)C(=O)O. The molecule has 0 spiro atoms. The fourth-order valence-electron chi connectivity index (χ4n) is 2.68. The van der Waals surface area contributed by atoms with Gasteiger partial charge in [0.1, 0.15) is 18.1 Å². The molecule has 9 nitrogen and oxygen atoms in total. The van der Waals surface area contributed by atoms with Gasteiger partial charge in [0.15, 0.2) is 0 Å². The van der Waals surface area contributed by atoms with Crippen LogP contribution < -0.4 is 21.7 Å². The first-order chi connectivity index (χ1) is 13.6. The van der Waals surface area contributed by atoms with Gasteiger partial charge in [-0.25, -0.2) is 4.79 Å². The van der Waals surface area contributed by atoms with Gasteiger partial charge in [0.25, 0.3) is 0 Å². The Morgan fingerprint density at radius 2 is 1.55 bits per heavy atom. The van der Waals surface area contributed by atoms with Gasteiger partial charge in [0.2, 0.25) is 17.7 Å². The number of amides is 3. The number of nitrogens with two attached hydrogens (primary N) is 1. The van der Waals surface area contributed by atoms with Gasteiger partial charge >= 0.3 is 5.97 Å². The van der Waals surface area contributed by atoms with Gasteiger partial charge in [-0.2, -0.15) is 0 Å². The van der Waals surface area contributed by atoms with Gasteiger partial charge in [-0.1, -0.05) is 44.2 Å². The van der Waals surface area contributed by atoms with Crippen LogP contribution in [0.3, 0.4) is 0 Å². The molecule has 0 radical (unpaired) electrons. The molecule has 1 aromatic rings. The predicted octanol–water partition coefficient (Wildman–Crippen LogP) is -0.207. The van der Waals surface area contributed by atoms with Crippen LogP contribution in [0.25, 0.3) is 0 Å². The number of benzene rings is 1. The van der Waals surface area contributed by atoms with Gasteiger partial charge in [0, 0.05) is 6.42 Å². The van der Waals surface area contributed by atoms with Crippen molar-refractivity contribution in [3.8, 4) is 0 Å². The number of hydrogen-bond acceptors (Lipinski definition) is 5. The Morgan fingerprint density at radius 1 is 0.931 bits per heavy atom. The van der Waals surface area contributed by atoms with Gasteiger partial charge in [0.05, 0.1) is 6.54 Å². The van der Waals surface area contributed by atoms with Gasteiger partial charge in [-0.3, -0.25) is 14.4 Å². The molecule has 1 aromatic carbocycles. The maximum Gasteiger partial charge on any atom is 0.326 e. The van der Waals surface area contributed by atoms with Crippen LogP contribution in [-0.2, 0) is 25.6 Å². The third kappa shape index (κ3) is 8.73. The fraction of sp³-hybridized carbons (Fsp3) is 0.500. The Bertz CT molecular complexity index is 708. The highest BCUT2D eigenvalue weighted by atomic mass is 16.4. The molecule has 0 saturated carbocycles. The van der Waals surface area contributed by atoms with Crippen molar-refractivity contribution in [3.63, 3.8) is 0 Å². The second kappa shape index (κ2) is 11.8. The Kier molecular flexibility index (Phi) is 9.81. The minimum absolute atomic E-state index is 0.116. The normalized spacial score (nSPS) is 13.8. The van der Waals surface area contributed by atoms with Crippen LogP contribution in [0.2, 0.25) is 0 Å². The van der Waals surface area contributed by atoms with Crippen LogP contribution >= 0.6 is 0 Å². The maximum atomic E-state index is 12.5. The monoisotopic (exact) mass is 406 g/mol. The highest BCUT2D eigenvalue weighted by molar-refractivity contribution is 5.93. The second-order valence-electron chi connectivity index (χ2n) is 7.27. The van der Waals surface area contributed by atoms with Crippen LogP contribution in [0.5, 0.6) is 0 Å². The van der Waals surface area contributed by atoms with E-state index in [2.05, 4.69) is 16.0 Å². The Balaban J connectivity index is 2.72. The molecule has 3 amide bonds. The second-order valence-corrected chi connectivity index (χ2v) is 7.27. The van der Waals surface area contributed by atoms with Gasteiger partial charge < -0.3 is 26.8 Å². The van der Waals surface area contributed by atoms with E-state index < -0.39 is 41.8 Å². The molecule has 0 aliphatic rings. The molecule has 3 atom stereocenters. The lowest BCUT2D eigenvalue weighted by atomic mass is 10.0. The largest absolute Gasteiger partial charge is 0.480 e. The minimum Gasteiger partial charge on any atom is -0.480 e. The van der Waals surface area contributed by atoms with Crippen molar-refractivity contribution in [1.82, 2.24) is 16.0 Å². The lowest BCUT2D eigenvalue weighted by Crippen LogP contribution is -2.55. The van der Waals surface area contributed by atoms with Crippen LogP contribution in [0.1, 0.15) is 32.8 Å². The molecule has 0 heterocycles. The van der Waals surface area contributed by atoms with Crippen molar-refractivity contribution in [1.29, 1.82) is 0 Å². The molecule has 0 bridgehead atoms. The number of nitrogens with one attached hydrogen (secondary N) is 3. The molecule has 3 unspecified atom stereocenters. The summed E-state index contributed by atoms with van der Waals surface area (Å²) in [6.45, 7) is 4.99. The lowest BCUT2D eigenvalue weighted by Gasteiger charge is -2.23. The summed E-state index contributed by atoms with van der Waals surface area (Å²) in [5.74, 6) is -2.69. The predicted molar refractivity (Wildman–Crippen MR) is 108 cm³/mol. The zero-order valence-electron chi connectivity index (χ0n) is 17.0. The summed E-state index contributed by atoms with van der Waals surface area (Å²) >= 11 is 0. The van der Waals surface area contributed by atoms with E-state index in [4.69, 9.17) is 5.73 Å². The number of rotatable bonds is 11. The van der Waals surface area contributed by atoms with E-state index in [-0.39, 0.29) is 18.9 Å². The molecular weight excluding hydrogens is 376 g/mol. The summed E-state index contributed by atoms with van der Waals surface area (Å²) in [6, 6.07) is 5.96. The fourth-order valence-corrected chi connectivity index (χ4v) is 2.68. The first kappa shape index (κ1) is 24.1. The van der Waals surface area contributed by atoms with Crippen LogP contribution in [0.15, 0.2) is 30.3 Å². The molecule has 0 fully saturated rings. The molecule has 0 saturated heterocycles. The van der Waals surface area contributed by atoms with Crippen molar-refractivity contribution < 1.29 is 24.3 Å². The topological polar surface area (TPSA) is 151 Å². The maximum absolute atomic E-state index is 12.5. The van der Waals surface area contributed by atoms with Crippen molar-refractivity contribution in [2.45, 2.75) is 51.7 Å². The van der Waals surface area contributed by atoms with E-state index in [1.807, 2.05) is 19.9 Å². The quantitative estimate of drug-likeness (QED) is 0.343. The number of carbonyl (C=O) groups excluding carboxylic acids is 3. The Hall–Kier alpha value is -2.94. The standard InChI is InChI=1S/C20H30N4O5/c1-12(2)9-15(23-17(25)11-21)19(27)22-13(3)18(26)24-16(20(28)29)10-14-7-5-4-6-8-14/h4-8,12-13,15-16H,9-11,21H2,1-3H3,(H,22,27)(H,23,25)(H,24,26)(H,28,29). The van der Waals surface area contributed by atoms with Crippen LogP contribution in [0, 0.1) is 5.92 Å². The third-order valence-corrected chi connectivity index (χ3v) is 4.19. The number of hydrogen-bond donors (Lipinski definition) is 5. The van der Waals surface area contributed by atoms with Gasteiger partial charge in [-0.05, 0) is 24.8 Å². The molecule has 9 heteroatoms. The smallest absolute Gasteiger partial charge is 0.326 e. The van der Waals surface area contributed by atoms with Crippen LogP contribution in [0.4, 0.5) is 0 Å². The van der Waals surface area contributed by atoms with E-state index in [0.717, 1.165) is 5.56 Å². The molecule has 1 rings (SSSR count). The summed E-state index contributed by atoms with van der Waals surface area (Å²) in [5.41, 5.74) is 6.05. The third-order valence-electron chi connectivity index (χ3n) is 4.19. The first-order valence-electron chi connectivity index (χ1n) is 9.50. The average Bonchev–Trinajstić information content (AvgIpc) is 2.66. The Labute approximate surface area is 170 Å². The molecule has 160 valence electrons. The number of carbonyl (C=O) groups is 4. The summed E-state index contributed by atoms with van der Waals surface area (Å²) in [4.78, 5) is 48.0. The van der Waals surface area contributed by atoms with E-state index in [1.54, 1.807) is 24.3 Å². The van der Waals surface area contributed by atoms with Crippen molar-refractivity contribution in [3.05, 3.63) is 35.9 Å². The zero-order valence-corrected chi connectivity index (χ0v) is 17.0. The highest BCUT2D eigenvalue weighted by Gasteiger charge is 2.27. The molecule has 29 heavy (non-hydrogen) atoms. The minimum atomic E-state index is -1.17. The van der Waals surface area contributed by atoms with Crippen molar-refractivity contribution >= 4 is 23.7 Å². The van der Waals surface area contributed by atoms with Gasteiger partial charge in [-0.15, -0.1) is 0 Å². The van der Waals surface area contributed by atoms with E-state index in [0.29, 0.717) is 6.42 Å². The Morgan fingerprint density at radius 3 is 2.07 bits per heavy atom. The molecule has 0 aliphatic carbocycles. The number of carboxylic acids is 1. The highest BCUT2D eigenvalue weighted by Crippen LogP contribution is 2.06. The van der Waals surface area contributed by atoms with Crippen molar-refractivity contribution in [2.75, 3.05) is 6.54 Å². The summed E-state index contributed by atoms with van der Waals surface area (Å²) < 4.78 is 0. The molecule has 6 N–H and O–H groups in total. The van der Waals surface area contributed by atoms with Crippen LogP contribution in [-0.4, -0.2) is 53.5 Å². The summed E-state index contributed by atoms with van der Waals surface area (Å²) in [5, 5.41) is 16.9. The summed E-state index contributed by atoms with van der Waals surface area (Å²) in [6.07, 6.45) is 0.489. The lowest BCUT2D eigenvalue weighted by molar-refractivity contribution is -0.142. The molecule has 0 aromatic heterocycles. The average molecular weight is 406 g/mol. The van der Waals surface area contributed by atoms with Crippen molar-refractivity contribution in [2.24, 2.45) is 11.7 Å². The molecule has 0 aliphatic heterocycles. The van der Waals surface area contributed by atoms with E-state index >= 15 is 0 Å². The molecular formula is C20H30N4O5. The number of carboxylic acid groups (broad SMARTS) is 1.